The molecule has 1 aromatic carbocycles. The number of aryl methyl sites for hydroxylation is 1. The normalized spacial score (nSPS) is 12.5. The number of hydrogen-bond donors (Lipinski definition) is 1. The van der Waals surface area contributed by atoms with Crippen molar-refractivity contribution in [2.24, 2.45) is 5.73 Å². The third kappa shape index (κ3) is 5.86. The number of imidazole rings is 1. The van der Waals surface area contributed by atoms with Gasteiger partial charge in [-0.05, 0) is 25.5 Å². The molecule has 2 N–H and O–H groups in total. The van der Waals surface area contributed by atoms with E-state index in [1.807, 2.05) is 25.1 Å². The molecule has 0 fully saturated rings. The molecule has 0 aliphatic heterocycles. The van der Waals surface area contributed by atoms with Crippen LogP contribution >= 0.6 is 0 Å². The predicted molar refractivity (Wildman–Crippen MR) is 109 cm³/mol. The van der Waals surface area contributed by atoms with Gasteiger partial charge in [0.15, 0.2) is 0 Å². The zero-order chi connectivity index (χ0) is 18.8. The van der Waals surface area contributed by atoms with E-state index in [1.165, 1.54) is 57.8 Å². The van der Waals surface area contributed by atoms with Crippen LogP contribution in [0.5, 0.6) is 0 Å². The van der Waals surface area contributed by atoms with Gasteiger partial charge < -0.3 is 10.3 Å². The predicted octanol–water partition coefficient (Wildman–Crippen LogP) is 5.55. The van der Waals surface area contributed by atoms with Crippen LogP contribution < -0.4 is 5.73 Å². The summed E-state index contributed by atoms with van der Waals surface area (Å²) in [5.74, 6) is 0.129. The molecule has 4 heteroatoms. The number of para-hydroxylation sites is 2. The summed E-state index contributed by atoms with van der Waals surface area (Å²) in [5.41, 5.74) is 7.57. The summed E-state index contributed by atoms with van der Waals surface area (Å²) in [7, 11) is 0. The fourth-order valence-corrected chi connectivity index (χ4v) is 3.54. The first-order valence-electron chi connectivity index (χ1n) is 10.4. The smallest absolute Gasteiger partial charge is 0.227 e. The number of carbonyl (C=O) groups is 1. The summed E-state index contributed by atoms with van der Waals surface area (Å²) in [5, 5.41) is 0. The van der Waals surface area contributed by atoms with E-state index in [9.17, 15) is 4.79 Å². The average molecular weight is 358 g/mol. The molecule has 1 aromatic heterocycles. The Kier molecular flexibility index (Phi) is 8.66. The second-order valence-corrected chi connectivity index (χ2v) is 7.42. The van der Waals surface area contributed by atoms with Crippen LogP contribution in [0.15, 0.2) is 24.3 Å². The lowest BCUT2D eigenvalue weighted by molar-refractivity contribution is -0.119. The summed E-state index contributed by atoms with van der Waals surface area (Å²) in [6.07, 6.45) is 13.2. The zero-order valence-corrected chi connectivity index (χ0v) is 16.5. The van der Waals surface area contributed by atoms with E-state index in [4.69, 9.17) is 5.73 Å². The molecule has 144 valence electrons. The molecule has 1 atom stereocenters. The molecule has 2 aromatic rings. The van der Waals surface area contributed by atoms with Gasteiger partial charge in [-0.15, -0.1) is 0 Å². The second-order valence-electron chi connectivity index (χ2n) is 7.42. The third-order valence-electron chi connectivity index (χ3n) is 5.23. The molecule has 0 aliphatic rings. The number of unbranched alkanes of at least 4 members (excludes halogenated alkanes) is 9. The number of amides is 1. The van der Waals surface area contributed by atoms with Gasteiger partial charge in [0.2, 0.25) is 5.91 Å². The van der Waals surface area contributed by atoms with E-state index in [0.29, 0.717) is 0 Å². The van der Waals surface area contributed by atoms with Crippen molar-refractivity contribution in [3.8, 4) is 0 Å². The minimum atomic E-state index is -0.356. The SMILES string of the molecule is CCCCCCCCCCCCn1c(C(C)C(N)=O)nc2ccccc21. The minimum absolute atomic E-state index is 0.315. The maximum absolute atomic E-state index is 11.6. The Balaban J connectivity index is 1.81. The van der Waals surface area contributed by atoms with Gasteiger partial charge in [0.05, 0.1) is 17.0 Å². The number of nitrogens with two attached hydrogens (primary N) is 1. The summed E-state index contributed by atoms with van der Waals surface area (Å²) in [6, 6.07) is 8.09. The van der Waals surface area contributed by atoms with Crippen LogP contribution in [0.2, 0.25) is 0 Å². The van der Waals surface area contributed by atoms with Gasteiger partial charge in [-0.25, -0.2) is 4.98 Å². The van der Waals surface area contributed by atoms with Crippen LogP contribution in [-0.4, -0.2) is 15.5 Å². The lowest BCUT2D eigenvalue weighted by Crippen LogP contribution is -2.22. The molecule has 0 spiro atoms. The van der Waals surface area contributed by atoms with Crippen molar-refractivity contribution in [3.05, 3.63) is 30.1 Å². The molecule has 1 unspecified atom stereocenters. The Bertz CT molecular complexity index is 677. The quantitative estimate of drug-likeness (QED) is 0.478. The average Bonchev–Trinajstić information content (AvgIpc) is 3.01. The number of aromatic nitrogens is 2. The molecule has 0 saturated carbocycles. The highest BCUT2D eigenvalue weighted by atomic mass is 16.1. The second kappa shape index (κ2) is 11.0. The van der Waals surface area contributed by atoms with Crippen LogP contribution in [0.4, 0.5) is 0 Å². The third-order valence-corrected chi connectivity index (χ3v) is 5.23. The number of primary amides is 1. The Morgan fingerprint density at radius 2 is 1.58 bits per heavy atom. The van der Waals surface area contributed by atoms with E-state index in [-0.39, 0.29) is 11.8 Å². The van der Waals surface area contributed by atoms with E-state index in [0.717, 1.165) is 29.8 Å². The molecule has 0 saturated heterocycles. The van der Waals surface area contributed by atoms with E-state index in [1.54, 1.807) is 0 Å². The van der Waals surface area contributed by atoms with Gasteiger partial charge in [-0.2, -0.15) is 0 Å². The number of benzene rings is 1. The van der Waals surface area contributed by atoms with Crippen LogP contribution in [0.1, 0.15) is 89.8 Å². The molecule has 0 aliphatic carbocycles. The topological polar surface area (TPSA) is 60.9 Å². The highest BCUT2D eigenvalue weighted by molar-refractivity contribution is 5.83. The summed E-state index contributed by atoms with van der Waals surface area (Å²) >= 11 is 0. The van der Waals surface area contributed by atoms with Crippen molar-refractivity contribution in [2.45, 2.75) is 90.5 Å². The van der Waals surface area contributed by atoms with Gasteiger partial charge in [-0.3, -0.25) is 4.79 Å². The van der Waals surface area contributed by atoms with E-state index < -0.39 is 0 Å². The van der Waals surface area contributed by atoms with Crippen molar-refractivity contribution in [2.75, 3.05) is 0 Å². The monoisotopic (exact) mass is 357 g/mol. The Labute approximate surface area is 158 Å². The molecule has 26 heavy (non-hydrogen) atoms. The van der Waals surface area contributed by atoms with E-state index >= 15 is 0 Å². The molecule has 0 bridgehead atoms. The molecular weight excluding hydrogens is 322 g/mol. The number of hydrogen-bond acceptors (Lipinski definition) is 2. The molecule has 0 radical (unpaired) electrons. The number of fused-ring (bicyclic) bond motifs is 1. The number of rotatable bonds is 13. The van der Waals surface area contributed by atoms with Crippen molar-refractivity contribution >= 4 is 16.9 Å². The van der Waals surface area contributed by atoms with Crippen molar-refractivity contribution < 1.29 is 4.79 Å². The van der Waals surface area contributed by atoms with Gasteiger partial charge in [0, 0.05) is 6.54 Å². The number of nitrogens with zero attached hydrogens (tertiary/aromatic N) is 2. The molecule has 1 amide bonds. The van der Waals surface area contributed by atoms with Crippen molar-refractivity contribution in [3.63, 3.8) is 0 Å². The molecular formula is C22H35N3O. The van der Waals surface area contributed by atoms with Gasteiger partial charge >= 0.3 is 0 Å². The Morgan fingerprint density at radius 1 is 1.00 bits per heavy atom. The fourth-order valence-electron chi connectivity index (χ4n) is 3.54. The van der Waals surface area contributed by atoms with Crippen molar-refractivity contribution in [1.82, 2.24) is 9.55 Å². The summed E-state index contributed by atoms with van der Waals surface area (Å²) < 4.78 is 2.19. The lowest BCUT2D eigenvalue weighted by Gasteiger charge is -2.12. The minimum Gasteiger partial charge on any atom is -0.369 e. The highest BCUT2D eigenvalue weighted by Gasteiger charge is 2.20. The first kappa shape index (κ1) is 20.5. The largest absolute Gasteiger partial charge is 0.369 e. The fraction of sp³-hybridized carbons (Fsp3) is 0.636. The van der Waals surface area contributed by atoms with Crippen LogP contribution in [0.25, 0.3) is 11.0 Å². The standard InChI is InChI=1S/C22H35N3O/c1-3-4-5-6-7-8-9-10-11-14-17-25-20-16-13-12-15-19(20)24-22(25)18(2)21(23)26/h12-13,15-16,18H,3-11,14,17H2,1-2H3,(H2,23,26). The first-order chi connectivity index (χ1) is 12.6. The van der Waals surface area contributed by atoms with Crippen LogP contribution in [0, 0.1) is 0 Å². The highest BCUT2D eigenvalue weighted by Crippen LogP contribution is 2.23. The summed E-state index contributed by atoms with van der Waals surface area (Å²) in [4.78, 5) is 16.3. The maximum atomic E-state index is 11.6. The van der Waals surface area contributed by atoms with Crippen LogP contribution in [0.3, 0.4) is 0 Å². The van der Waals surface area contributed by atoms with Gasteiger partial charge in [-0.1, -0.05) is 76.8 Å². The number of carbonyl (C=O) groups excluding carboxylic acids is 1. The lowest BCUT2D eigenvalue weighted by atomic mass is 10.1. The van der Waals surface area contributed by atoms with E-state index in [2.05, 4.69) is 22.5 Å². The zero-order valence-electron chi connectivity index (χ0n) is 16.5. The van der Waals surface area contributed by atoms with Gasteiger partial charge in [0.25, 0.3) is 0 Å². The van der Waals surface area contributed by atoms with Crippen molar-refractivity contribution in [1.29, 1.82) is 0 Å². The van der Waals surface area contributed by atoms with Gasteiger partial charge in [0.1, 0.15) is 5.82 Å². The molecule has 1 heterocycles. The molecule has 2 rings (SSSR count). The Morgan fingerprint density at radius 3 is 2.19 bits per heavy atom. The maximum Gasteiger partial charge on any atom is 0.227 e. The molecule has 4 nitrogen and oxygen atoms in total. The van der Waals surface area contributed by atoms with Crippen LogP contribution in [-0.2, 0) is 11.3 Å². The first-order valence-corrected chi connectivity index (χ1v) is 10.4. The summed E-state index contributed by atoms with van der Waals surface area (Å²) in [6.45, 7) is 5.02. The Hall–Kier alpha value is -1.84.